The van der Waals surface area contributed by atoms with Crippen molar-refractivity contribution in [2.24, 2.45) is 0 Å². The number of hydrogen-bond acceptors (Lipinski definition) is 4. The molecule has 0 unspecified atom stereocenters. The third-order valence-electron chi connectivity index (χ3n) is 6.38. The summed E-state index contributed by atoms with van der Waals surface area (Å²) in [6.45, 7) is 2.07. The highest BCUT2D eigenvalue weighted by molar-refractivity contribution is 6.07. The second-order valence-electron chi connectivity index (χ2n) is 8.19. The highest BCUT2D eigenvalue weighted by Crippen LogP contribution is 2.38. The molecule has 6 nitrogen and oxygen atoms in total. The van der Waals surface area contributed by atoms with Gasteiger partial charge in [-0.3, -0.25) is 5.10 Å². The molecule has 5 aromatic rings. The molecule has 0 saturated heterocycles. The molecule has 31 heavy (non-hydrogen) atoms. The monoisotopic (exact) mass is 409 g/mol. The molecule has 0 saturated carbocycles. The summed E-state index contributed by atoms with van der Waals surface area (Å²) in [6, 6.07) is 12.1. The summed E-state index contributed by atoms with van der Waals surface area (Å²) >= 11 is 0. The first-order valence-corrected chi connectivity index (χ1v) is 10.7. The normalized spacial score (nSPS) is 13.6. The summed E-state index contributed by atoms with van der Waals surface area (Å²) in [5.74, 6) is 0.837. The summed E-state index contributed by atoms with van der Waals surface area (Å²) in [5.41, 5.74) is 9.05. The average Bonchev–Trinajstić information content (AvgIpc) is 3.45. The lowest BCUT2D eigenvalue weighted by Crippen LogP contribution is -2.08. The van der Waals surface area contributed by atoms with E-state index in [1.807, 2.05) is 35.1 Å². The van der Waals surface area contributed by atoms with E-state index >= 15 is 0 Å². The molecule has 0 amide bonds. The van der Waals surface area contributed by atoms with Crippen LogP contribution in [0.25, 0.3) is 38.8 Å². The van der Waals surface area contributed by atoms with Crippen LogP contribution >= 0.6 is 0 Å². The van der Waals surface area contributed by atoms with Gasteiger partial charge >= 0.3 is 0 Å². The van der Waals surface area contributed by atoms with Crippen molar-refractivity contribution in [3.8, 4) is 22.7 Å². The van der Waals surface area contributed by atoms with Crippen LogP contribution in [0.2, 0.25) is 0 Å². The summed E-state index contributed by atoms with van der Waals surface area (Å²) in [4.78, 5) is 5.17. The van der Waals surface area contributed by atoms with E-state index in [1.165, 1.54) is 34.7 Å². The molecule has 154 valence electrons. The lowest BCUT2D eigenvalue weighted by Gasteiger charge is -2.21. The Morgan fingerprint density at radius 1 is 1.00 bits per heavy atom. The molecule has 1 N–H and O–H groups in total. The van der Waals surface area contributed by atoms with Gasteiger partial charge in [0.05, 0.1) is 41.4 Å². The second-order valence-corrected chi connectivity index (χ2v) is 8.19. The number of nitrogens with one attached hydrogen (secondary N) is 1. The van der Waals surface area contributed by atoms with Crippen molar-refractivity contribution in [2.75, 3.05) is 7.11 Å². The fraction of sp³-hybridized carbons (Fsp3) is 0.240. The Balaban J connectivity index is 1.56. The lowest BCUT2D eigenvalue weighted by molar-refractivity contribution is 0.414. The van der Waals surface area contributed by atoms with Crippen LogP contribution in [0.1, 0.15) is 29.7 Å². The number of ether oxygens (including phenoxy) is 1. The minimum Gasteiger partial charge on any atom is -0.497 e. The molecule has 1 aliphatic rings. The van der Waals surface area contributed by atoms with Crippen molar-refractivity contribution in [3.05, 3.63) is 65.6 Å². The lowest BCUT2D eigenvalue weighted by atomic mass is 9.85. The minimum atomic E-state index is 0.837. The van der Waals surface area contributed by atoms with Gasteiger partial charge in [-0.1, -0.05) is 0 Å². The van der Waals surface area contributed by atoms with Crippen molar-refractivity contribution in [1.82, 2.24) is 25.0 Å². The van der Waals surface area contributed by atoms with Gasteiger partial charge < -0.3 is 4.74 Å². The van der Waals surface area contributed by atoms with Crippen LogP contribution in [0, 0.1) is 6.92 Å². The second kappa shape index (κ2) is 6.94. The first-order valence-electron chi connectivity index (χ1n) is 10.7. The molecule has 0 bridgehead atoms. The number of aromatic nitrogens is 5. The number of hydrogen-bond donors (Lipinski definition) is 1. The molecule has 6 rings (SSSR count). The Morgan fingerprint density at radius 2 is 1.81 bits per heavy atom. The summed E-state index contributed by atoms with van der Waals surface area (Å²) in [7, 11) is 1.68. The van der Waals surface area contributed by atoms with Gasteiger partial charge in [-0.25, -0.2) is 9.67 Å². The van der Waals surface area contributed by atoms with E-state index in [2.05, 4.69) is 35.5 Å². The maximum absolute atomic E-state index is 5.28. The van der Waals surface area contributed by atoms with E-state index in [4.69, 9.17) is 14.8 Å². The standard InChI is InChI=1S/C25H23N5O/c1-15-21(14-30(29-15)16-7-9-17(31-2)10-8-16)25-19-6-4-3-5-18(19)24-20-13-26-28-22(20)11-12-23(24)27-25/h7-14H,3-6H2,1-2H3,(H,26,28). The molecule has 1 aliphatic carbocycles. The molecule has 0 aliphatic heterocycles. The quantitative estimate of drug-likeness (QED) is 0.447. The number of aromatic amines is 1. The molecule has 0 atom stereocenters. The molecular formula is C25H23N5O. The van der Waals surface area contributed by atoms with Gasteiger partial charge in [0.15, 0.2) is 0 Å². The number of methoxy groups -OCH3 is 1. The minimum absolute atomic E-state index is 0.837. The van der Waals surface area contributed by atoms with Gasteiger partial charge in [0, 0.05) is 22.5 Å². The Morgan fingerprint density at radius 3 is 2.61 bits per heavy atom. The maximum atomic E-state index is 5.28. The Hall–Kier alpha value is -3.67. The van der Waals surface area contributed by atoms with E-state index in [1.54, 1.807) is 7.11 Å². The zero-order chi connectivity index (χ0) is 20.9. The number of H-pyrrole nitrogens is 1. The van der Waals surface area contributed by atoms with Crippen molar-refractivity contribution in [3.63, 3.8) is 0 Å². The third kappa shape index (κ3) is 2.82. The number of fused-ring (bicyclic) bond motifs is 5. The van der Waals surface area contributed by atoms with Crippen LogP contribution in [0.5, 0.6) is 5.75 Å². The first-order chi connectivity index (χ1) is 15.2. The molecule has 3 heterocycles. The number of benzene rings is 2. The fourth-order valence-corrected chi connectivity index (χ4v) is 4.83. The van der Waals surface area contributed by atoms with Gasteiger partial charge in [-0.05, 0) is 80.1 Å². The van der Waals surface area contributed by atoms with Crippen molar-refractivity contribution in [2.45, 2.75) is 32.6 Å². The number of pyridine rings is 1. The molecule has 3 aromatic heterocycles. The molecule has 2 aromatic carbocycles. The van der Waals surface area contributed by atoms with Crippen LogP contribution in [0.4, 0.5) is 0 Å². The van der Waals surface area contributed by atoms with Crippen molar-refractivity contribution < 1.29 is 4.74 Å². The third-order valence-corrected chi connectivity index (χ3v) is 6.38. The van der Waals surface area contributed by atoms with Gasteiger partial charge in [-0.15, -0.1) is 0 Å². The maximum Gasteiger partial charge on any atom is 0.119 e. The smallest absolute Gasteiger partial charge is 0.119 e. The molecule has 6 heteroatoms. The van der Waals surface area contributed by atoms with Crippen molar-refractivity contribution >= 4 is 21.8 Å². The zero-order valence-corrected chi connectivity index (χ0v) is 17.6. The Bertz CT molecular complexity index is 1430. The van der Waals surface area contributed by atoms with E-state index in [0.29, 0.717) is 0 Å². The number of nitrogens with zero attached hydrogens (tertiary/aromatic N) is 4. The first kappa shape index (κ1) is 18.1. The largest absolute Gasteiger partial charge is 0.497 e. The van der Waals surface area contributed by atoms with Crippen LogP contribution in [-0.2, 0) is 12.8 Å². The molecular weight excluding hydrogens is 386 g/mol. The molecule has 0 fully saturated rings. The summed E-state index contributed by atoms with van der Waals surface area (Å²) in [5, 5.41) is 14.6. The highest BCUT2D eigenvalue weighted by Gasteiger charge is 2.23. The van der Waals surface area contributed by atoms with Crippen LogP contribution in [-0.4, -0.2) is 32.1 Å². The van der Waals surface area contributed by atoms with Crippen molar-refractivity contribution in [1.29, 1.82) is 0 Å². The van der Waals surface area contributed by atoms with E-state index in [9.17, 15) is 0 Å². The van der Waals surface area contributed by atoms with E-state index < -0.39 is 0 Å². The van der Waals surface area contributed by atoms with Gasteiger partial charge in [0.25, 0.3) is 0 Å². The van der Waals surface area contributed by atoms with Gasteiger partial charge in [0.1, 0.15) is 5.75 Å². The van der Waals surface area contributed by atoms with Gasteiger partial charge in [-0.2, -0.15) is 10.2 Å². The predicted molar refractivity (Wildman–Crippen MR) is 122 cm³/mol. The predicted octanol–water partition coefficient (Wildman–Crippen LogP) is 5.16. The molecule has 0 radical (unpaired) electrons. The van der Waals surface area contributed by atoms with E-state index in [-0.39, 0.29) is 0 Å². The van der Waals surface area contributed by atoms with Crippen LogP contribution < -0.4 is 4.74 Å². The average molecular weight is 409 g/mol. The van der Waals surface area contributed by atoms with E-state index in [0.717, 1.165) is 52.3 Å². The zero-order valence-electron chi connectivity index (χ0n) is 17.6. The summed E-state index contributed by atoms with van der Waals surface area (Å²) < 4.78 is 7.22. The Kier molecular flexibility index (Phi) is 4.06. The Labute approximate surface area is 179 Å². The SMILES string of the molecule is COc1ccc(-n2cc(-c3nc4ccc5[nH]ncc5c4c4c3CCCC4)c(C)n2)cc1. The summed E-state index contributed by atoms with van der Waals surface area (Å²) in [6.07, 6.45) is 8.58. The number of rotatable bonds is 3. The highest BCUT2D eigenvalue weighted by atomic mass is 16.5. The van der Waals surface area contributed by atoms with Gasteiger partial charge in [0.2, 0.25) is 0 Å². The molecule has 0 spiro atoms. The van der Waals surface area contributed by atoms with Crippen LogP contribution in [0.3, 0.4) is 0 Å². The van der Waals surface area contributed by atoms with Crippen LogP contribution in [0.15, 0.2) is 48.8 Å². The number of aryl methyl sites for hydroxylation is 2. The fourth-order valence-electron chi connectivity index (χ4n) is 4.83. The topological polar surface area (TPSA) is 68.6 Å².